The van der Waals surface area contributed by atoms with Gasteiger partial charge in [-0.25, -0.2) is 4.98 Å². The summed E-state index contributed by atoms with van der Waals surface area (Å²) in [6.45, 7) is 2.14. The molecule has 0 saturated carbocycles. The van der Waals surface area contributed by atoms with Crippen molar-refractivity contribution in [2.45, 2.75) is 28.4 Å². The highest BCUT2D eigenvalue weighted by molar-refractivity contribution is 8.02. The zero-order valence-corrected chi connectivity index (χ0v) is 13.3. The summed E-state index contributed by atoms with van der Waals surface area (Å²) in [5.74, 6) is 0. The summed E-state index contributed by atoms with van der Waals surface area (Å²) in [6, 6.07) is 5.84. The molecule has 0 aliphatic rings. The molecule has 0 unspecified atom stereocenters. The van der Waals surface area contributed by atoms with Gasteiger partial charge in [0.1, 0.15) is 10.5 Å². The molecule has 0 amide bonds. The van der Waals surface area contributed by atoms with Crippen LogP contribution in [0.15, 0.2) is 26.9 Å². The first-order chi connectivity index (χ1) is 9.26. The Morgan fingerprint density at radius 2 is 2.11 bits per heavy atom. The number of nitrogens with zero attached hydrogens (tertiary/aromatic N) is 3. The Kier molecular flexibility index (Phi) is 4.02. The van der Waals surface area contributed by atoms with E-state index in [9.17, 15) is 0 Å². The van der Waals surface area contributed by atoms with Crippen molar-refractivity contribution >= 4 is 56.3 Å². The quantitative estimate of drug-likeness (QED) is 0.682. The van der Waals surface area contributed by atoms with Gasteiger partial charge in [-0.05, 0) is 30.3 Å². The predicted octanol–water partition coefficient (Wildman–Crippen LogP) is 4.90. The molecule has 2 aromatic heterocycles. The summed E-state index contributed by atoms with van der Waals surface area (Å²) >= 11 is 11.0. The average molecular weight is 328 g/mol. The van der Waals surface area contributed by atoms with Gasteiger partial charge in [0.05, 0.1) is 9.72 Å². The first-order valence-electron chi connectivity index (χ1n) is 5.81. The van der Waals surface area contributed by atoms with Crippen LogP contribution in [0.5, 0.6) is 0 Å². The number of aryl methyl sites for hydroxylation is 1. The molecular formula is C12H10ClN3S3. The van der Waals surface area contributed by atoms with E-state index in [1.807, 2.05) is 18.2 Å². The van der Waals surface area contributed by atoms with Gasteiger partial charge in [0.15, 0.2) is 8.68 Å². The molecule has 0 atom stereocenters. The number of thiazole rings is 1. The average Bonchev–Trinajstić information content (AvgIpc) is 2.98. The number of hydrogen-bond donors (Lipinski definition) is 0. The molecule has 3 rings (SSSR count). The molecule has 2 heterocycles. The third-order valence-electron chi connectivity index (χ3n) is 2.44. The lowest BCUT2D eigenvalue weighted by atomic mass is 10.3. The van der Waals surface area contributed by atoms with Gasteiger partial charge >= 0.3 is 0 Å². The van der Waals surface area contributed by atoms with E-state index in [1.165, 1.54) is 0 Å². The molecule has 0 fully saturated rings. The fourth-order valence-electron chi connectivity index (χ4n) is 1.61. The summed E-state index contributed by atoms with van der Waals surface area (Å²) in [5, 5.41) is 10.1. The number of hydrogen-bond acceptors (Lipinski definition) is 6. The Bertz CT molecular complexity index is 707. The predicted molar refractivity (Wildman–Crippen MR) is 82.7 cm³/mol. The second kappa shape index (κ2) is 5.75. The van der Waals surface area contributed by atoms with Gasteiger partial charge in [-0.15, -0.1) is 21.5 Å². The van der Waals surface area contributed by atoms with Crippen LogP contribution in [-0.2, 0) is 6.42 Å². The minimum absolute atomic E-state index is 0.699. The van der Waals surface area contributed by atoms with E-state index < -0.39 is 0 Å². The van der Waals surface area contributed by atoms with Crippen LogP contribution in [0.1, 0.15) is 18.4 Å². The van der Waals surface area contributed by atoms with E-state index in [1.54, 1.807) is 34.4 Å². The molecule has 7 heteroatoms. The lowest BCUT2D eigenvalue weighted by Gasteiger charge is -1.88. The van der Waals surface area contributed by atoms with Crippen molar-refractivity contribution in [2.75, 3.05) is 0 Å². The van der Waals surface area contributed by atoms with Crippen LogP contribution in [0.4, 0.5) is 0 Å². The fourth-order valence-corrected chi connectivity index (χ4v) is 5.17. The first-order valence-corrected chi connectivity index (χ1v) is 8.64. The van der Waals surface area contributed by atoms with E-state index in [0.717, 1.165) is 36.7 Å². The maximum atomic E-state index is 6.13. The van der Waals surface area contributed by atoms with Crippen molar-refractivity contribution < 1.29 is 0 Å². The number of aromatic nitrogens is 3. The van der Waals surface area contributed by atoms with Crippen LogP contribution in [0, 0.1) is 0 Å². The lowest BCUT2D eigenvalue weighted by molar-refractivity contribution is 0.866. The van der Waals surface area contributed by atoms with Gasteiger partial charge < -0.3 is 0 Å². The van der Waals surface area contributed by atoms with Crippen LogP contribution in [0.2, 0.25) is 5.02 Å². The van der Waals surface area contributed by atoms with Crippen LogP contribution >= 0.6 is 46.0 Å². The van der Waals surface area contributed by atoms with Gasteiger partial charge in [-0.3, -0.25) is 0 Å². The smallest absolute Gasteiger partial charge is 0.181 e. The van der Waals surface area contributed by atoms with Crippen molar-refractivity contribution in [1.29, 1.82) is 0 Å². The maximum Gasteiger partial charge on any atom is 0.181 e. The zero-order chi connectivity index (χ0) is 13.2. The first kappa shape index (κ1) is 13.3. The number of benzene rings is 1. The Morgan fingerprint density at radius 3 is 2.89 bits per heavy atom. The van der Waals surface area contributed by atoms with Gasteiger partial charge in [0.2, 0.25) is 0 Å². The highest BCUT2D eigenvalue weighted by atomic mass is 35.5. The number of fused-ring (bicyclic) bond motifs is 1. The third-order valence-corrected chi connectivity index (χ3v) is 5.86. The van der Waals surface area contributed by atoms with Crippen molar-refractivity contribution in [3.63, 3.8) is 0 Å². The molecule has 1 aromatic carbocycles. The van der Waals surface area contributed by atoms with Crippen LogP contribution in [0.25, 0.3) is 10.2 Å². The second-order valence-electron chi connectivity index (χ2n) is 3.88. The van der Waals surface area contributed by atoms with E-state index in [0.29, 0.717) is 5.02 Å². The topological polar surface area (TPSA) is 38.7 Å². The molecule has 0 N–H and O–H groups in total. The number of rotatable bonds is 4. The fraction of sp³-hybridized carbons (Fsp3) is 0.250. The normalized spacial score (nSPS) is 11.3. The van der Waals surface area contributed by atoms with E-state index in [-0.39, 0.29) is 0 Å². The van der Waals surface area contributed by atoms with Crippen molar-refractivity contribution in [2.24, 2.45) is 0 Å². The summed E-state index contributed by atoms with van der Waals surface area (Å²) < 4.78 is 3.01. The van der Waals surface area contributed by atoms with Gasteiger partial charge in [-0.2, -0.15) is 0 Å². The molecule has 98 valence electrons. The minimum atomic E-state index is 0.699. The van der Waals surface area contributed by atoms with Crippen molar-refractivity contribution in [3.05, 3.63) is 28.2 Å². The highest BCUT2D eigenvalue weighted by Crippen LogP contribution is 2.37. The lowest BCUT2D eigenvalue weighted by Crippen LogP contribution is -1.79. The SMILES string of the molecule is CCCc1nnc(Sc2nc3c(Cl)cccc3s2)s1. The van der Waals surface area contributed by atoms with E-state index in [4.69, 9.17) is 11.6 Å². The zero-order valence-electron chi connectivity index (χ0n) is 10.1. The number of para-hydroxylation sites is 1. The Morgan fingerprint density at radius 1 is 1.21 bits per heavy atom. The van der Waals surface area contributed by atoms with Crippen molar-refractivity contribution in [1.82, 2.24) is 15.2 Å². The molecule has 0 aliphatic carbocycles. The van der Waals surface area contributed by atoms with Crippen LogP contribution in [0.3, 0.4) is 0 Å². The molecule has 19 heavy (non-hydrogen) atoms. The summed E-state index contributed by atoms with van der Waals surface area (Å²) in [7, 11) is 0. The Labute approximate surface area is 128 Å². The summed E-state index contributed by atoms with van der Waals surface area (Å²) in [5.41, 5.74) is 0.870. The standard InChI is InChI=1S/C12H10ClN3S3/c1-2-4-9-15-16-12(18-9)19-11-14-10-7(13)5-3-6-8(10)17-11/h3,5-6H,2,4H2,1H3. The Balaban J connectivity index is 1.86. The van der Waals surface area contributed by atoms with Gasteiger partial charge in [0, 0.05) is 6.42 Å². The van der Waals surface area contributed by atoms with Gasteiger partial charge in [-0.1, -0.05) is 35.9 Å². The molecule has 3 aromatic rings. The minimum Gasteiger partial charge on any atom is -0.228 e. The molecule has 0 radical (unpaired) electrons. The van der Waals surface area contributed by atoms with Crippen molar-refractivity contribution in [3.8, 4) is 0 Å². The summed E-state index contributed by atoms with van der Waals surface area (Å²) in [6.07, 6.45) is 2.08. The van der Waals surface area contributed by atoms with Crippen LogP contribution < -0.4 is 0 Å². The van der Waals surface area contributed by atoms with Crippen LogP contribution in [-0.4, -0.2) is 15.2 Å². The molecule has 0 bridgehead atoms. The largest absolute Gasteiger partial charge is 0.228 e. The number of halogens is 1. The third kappa shape index (κ3) is 2.91. The molecule has 0 saturated heterocycles. The Hall–Kier alpha value is -0.690. The maximum absolute atomic E-state index is 6.13. The monoisotopic (exact) mass is 327 g/mol. The van der Waals surface area contributed by atoms with E-state index >= 15 is 0 Å². The molecule has 0 spiro atoms. The molecule has 3 nitrogen and oxygen atoms in total. The van der Waals surface area contributed by atoms with Gasteiger partial charge in [0.25, 0.3) is 0 Å². The summed E-state index contributed by atoms with van der Waals surface area (Å²) in [4.78, 5) is 4.55. The second-order valence-corrected chi connectivity index (χ2v) is 7.87. The molecule has 0 aliphatic heterocycles. The molecular weight excluding hydrogens is 318 g/mol. The van der Waals surface area contributed by atoms with E-state index in [2.05, 4.69) is 22.1 Å². The highest BCUT2D eigenvalue weighted by Gasteiger charge is 2.11.